The molecule has 0 aliphatic heterocycles. The molecule has 0 spiro atoms. The summed E-state index contributed by atoms with van der Waals surface area (Å²) in [7, 11) is 0. The summed E-state index contributed by atoms with van der Waals surface area (Å²) in [5.74, 6) is 0.193. The van der Waals surface area contributed by atoms with Crippen molar-refractivity contribution in [2.45, 2.75) is 19.3 Å². The molecule has 74 valence electrons. The first-order chi connectivity index (χ1) is 7.27. The van der Waals surface area contributed by atoms with E-state index in [0.29, 0.717) is 24.0 Å². The molecule has 0 radical (unpaired) electrons. The molecule has 3 aliphatic carbocycles. The monoisotopic (exact) mass is 198 g/mol. The molecule has 0 heterocycles. The molecule has 0 saturated carbocycles. The van der Waals surface area contributed by atoms with E-state index in [1.54, 1.807) is 6.08 Å². The maximum absolute atomic E-state index is 11.8. The van der Waals surface area contributed by atoms with E-state index in [9.17, 15) is 9.59 Å². The van der Waals surface area contributed by atoms with Crippen molar-refractivity contribution in [3.05, 3.63) is 46.6 Å². The lowest BCUT2D eigenvalue weighted by atomic mass is 9.98. The first kappa shape index (κ1) is 8.60. The van der Waals surface area contributed by atoms with E-state index >= 15 is 0 Å². The van der Waals surface area contributed by atoms with Gasteiger partial charge in [-0.25, -0.2) is 0 Å². The number of hydrogen-bond acceptors (Lipinski definition) is 2. The van der Waals surface area contributed by atoms with Crippen molar-refractivity contribution >= 4 is 11.6 Å². The molecular formula is C13H10O2. The van der Waals surface area contributed by atoms with Crippen LogP contribution in [0.25, 0.3) is 0 Å². The Kier molecular flexibility index (Phi) is 1.66. The van der Waals surface area contributed by atoms with Crippen LogP contribution in [0.1, 0.15) is 19.3 Å². The number of Topliss-reactive ketones (excluding diaryl/α,β-unsaturated/α-hetero) is 2. The SMILES string of the molecule is O=C1CC=C/C1=C1\C(=O)CC2=C1CC=C2. The summed E-state index contributed by atoms with van der Waals surface area (Å²) in [6.45, 7) is 0. The van der Waals surface area contributed by atoms with Gasteiger partial charge in [0.05, 0.1) is 0 Å². The highest BCUT2D eigenvalue weighted by molar-refractivity contribution is 6.15. The minimum absolute atomic E-state index is 0.0824. The third-order valence-corrected chi connectivity index (χ3v) is 3.12. The van der Waals surface area contributed by atoms with E-state index in [1.165, 1.54) is 0 Å². The van der Waals surface area contributed by atoms with Crippen LogP contribution < -0.4 is 0 Å². The summed E-state index contributed by atoms with van der Waals surface area (Å²) in [4.78, 5) is 23.4. The van der Waals surface area contributed by atoms with Gasteiger partial charge in [-0.2, -0.15) is 0 Å². The van der Waals surface area contributed by atoms with E-state index in [2.05, 4.69) is 6.08 Å². The Morgan fingerprint density at radius 1 is 0.933 bits per heavy atom. The summed E-state index contributed by atoms with van der Waals surface area (Å²) in [5.41, 5.74) is 3.51. The van der Waals surface area contributed by atoms with Gasteiger partial charge >= 0.3 is 0 Å². The predicted molar refractivity (Wildman–Crippen MR) is 56.2 cm³/mol. The fourth-order valence-corrected chi connectivity index (χ4v) is 2.43. The number of rotatable bonds is 0. The molecule has 15 heavy (non-hydrogen) atoms. The first-order valence-electron chi connectivity index (χ1n) is 5.13. The van der Waals surface area contributed by atoms with Crippen LogP contribution in [0.4, 0.5) is 0 Å². The zero-order chi connectivity index (χ0) is 10.4. The normalized spacial score (nSPS) is 28.5. The molecule has 0 atom stereocenters. The molecule has 0 aromatic rings. The van der Waals surface area contributed by atoms with Gasteiger partial charge in [-0.1, -0.05) is 24.3 Å². The second kappa shape index (κ2) is 2.89. The standard InChI is InChI=1S/C13H10O2/c14-11-6-2-5-10(11)13-9-4-1-3-8(9)7-12(13)15/h1-3,5H,4,6-7H2/b13-10+. The zero-order valence-corrected chi connectivity index (χ0v) is 8.25. The van der Waals surface area contributed by atoms with Gasteiger partial charge in [-0.05, 0) is 17.6 Å². The first-order valence-corrected chi connectivity index (χ1v) is 5.13. The second-order valence-corrected chi connectivity index (χ2v) is 4.03. The van der Waals surface area contributed by atoms with Crippen molar-refractivity contribution in [2.24, 2.45) is 0 Å². The molecule has 0 bridgehead atoms. The maximum Gasteiger partial charge on any atom is 0.168 e. The van der Waals surface area contributed by atoms with E-state index in [0.717, 1.165) is 17.6 Å². The lowest BCUT2D eigenvalue weighted by Gasteiger charge is -2.03. The number of carbonyl (C=O) groups excluding carboxylic acids is 2. The Hall–Kier alpha value is -1.70. The number of ketones is 2. The van der Waals surface area contributed by atoms with Gasteiger partial charge in [0, 0.05) is 24.0 Å². The van der Waals surface area contributed by atoms with Crippen molar-refractivity contribution < 1.29 is 9.59 Å². The summed E-state index contributed by atoms with van der Waals surface area (Å²) >= 11 is 0. The van der Waals surface area contributed by atoms with Gasteiger partial charge in [-0.3, -0.25) is 9.59 Å². The van der Waals surface area contributed by atoms with Gasteiger partial charge in [-0.15, -0.1) is 0 Å². The van der Waals surface area contributed by atoms with Gasteiger partial charge in [0.25, 0.3) is 0 Å². The molecule has 0 unspecified atom stereocenters. The van der Waals surface area contributed by atoms with Gasteiger partial charge in [0.1, 0.15) is 0 Å². The van der Waals surface area contributed by atoms with Crippen molar-refractivity contribution in [2.75, 3.05) is 0 Å². The van der Waals surface area contributed by atoms with Crippen LogP contribution in [0.2, 0.25) is 0 Å². The van der Waals surface area contributed by atoms with Gasteiger partial charge < -0.3 is 0 Å². The van der Waals surface area contributed by atoms with Crippen molar-refractivity contribution in [3.63, 3.8) is 0 Å². The highest BCUT2D eigenvalue weighted by atomic mass is 16.1. The number of allylic oxidation sites excluding steroid dienone is 8. The predicted octanol–water partition coefficient (Wildman–Crippen LogP) is 2.04. The number of hydrogen-bond donors (Lipinski definition) is 0. The average molecular weight is 198 g/mol. The zero-order valence-electron chi connectivity index (χ0n) is 8.25. The van der Waals surface area contributed by atoms with Crippen LogP contribution in [0.3, 0.4) is 0 Å². The Labute approximate surface area is 87.7 Å². The highest BCUT2D eigenvalue weighted by Gasteiger charge is 2.32. The summed E-state index contributed by atoms with van der Waals surface area (Å²) in [6.07, 6.45) is 9.42. The van der Waals surface area contributed by atoms with Crippen LogP contribution in [0.15, 0.2) is 46.6 Å². The van der Waals surface area contributed by atoms with Gasteiger partial charge in [0.15, 0.2) is 11.6 Å². The van der Waals surface area contributed by atoms with Crippen LogP contribution in [-0.2, 0) is 9.59 Å². The molecule has 0 fully saturated rings. The van der Waals surface area contributed by atoms with Crippen molar-refractivity contribution in [1.82, 2.24) is 0 Å². The number of carbonyl (C=O) groups is 2. The van der Waals surface area contributed by atoms with Crippen LogP contribution in [-0.4, -0.2) is 11.6 Å². The van der Waals surface area contributed by atoms with E-state index < -0.39 is 0 Å². The molecule has 2 heteroatoms. The van der Waals surface area contributed by atoms with E-state index in [-0.39, 0.29) is 11.6 Å². The Balaban J connectivity index is 2.17. The quantitative estimate of drug-likeness (QED) is 0.558. The topological polar surface area (TPSA) is 34.1 Å². The highest BCUT2D eigenvalue weighted by Crippen LogP contribution is 2.39. The summed E-state index contributed by atoms with van der Waals surface area (Å²) < 4.78 is 0. The summed E-state index contributed by atoms with van der Waals surface area (Å²) in [6, 6.07) is 0. The smallest absolute Gasteiger partial charge is 0.168 e. The third-order valence-electron chi connectivity index (χ3n) is 3.12. The third kappa shape index (κ3) is 1.11. The van der Waals surface area contributed by atoms with Crippen LogP contribution in [0, 0.1) is 0 Å². The molecule has 0 aromatic carbocycles. The molecular weight excluding hydrogens is 188 g/mol. The molecule has 0 aromatic heterocycles. The van der Waals surface area contributed by atoms with E-state index in [4.69, 9.17) is 0 Å². The molecule has 2 nitrogen and oxygen atoms in total. The maximum atomic E-state index is 11.8. The van der Waals surface area contributed by atoms with E-state index in [1.807, 2.05) is 12.2 Å². The largest absolute Gasteiger partial charge is 0.294 e. The fourth-order valence-electron chi connectivity index (χ4n) is 2.43. The molecule has 3 rings (SSSR count). The lowest BCUT2D eigenvalue weighted by molar-refractivity contribution is -0.116. The Bertz CT molecular complexity index is 499. The minimum atomic E-state index is 0.0824. The van der Waals surface area contributed by atoms with Crippen molar-refractivity contribution in [3.8, 4) is 0 Å². The van der Waals surface area contributed by atoms with Crippen molar-refractivity contribution in [1.29, 1.82) is 0 Å². The van der Waals surface area contributed by atoms with Crippen LogP contribution >= 0.6 is 0 Å². The van der Waals surface area contributed by atoms with Gasteiger partial charge in [0.2, 0.25) is 0 Å². The summed E-state index contributed by atoms with van der Waals surface area (Å²) in [5, 5.41) is 0. The lowest BCUT2D eigenvalue weighted by Crippen LogP contribution is -2.05. The fraction of sp³-hybridized carbons (Fsp3) is 0.231. The van der Waals surface area contributed by atoms with Crippen LogP contribution in [0.5, 0.6) is 0 Å². The molecule has 0 saturated heterocycles. The Morgan fingerprint density at radius 3 is 2.47 bits per heavy atom. The minimum Gasteiger partial charge on any atom is -0.294 e. The average Bonchev–Trinajstić information content (AvgIpc) is 2.82. The molecule has 0 N–H and O–H groups in total. The molecule has 3 aliphatic rings. The second-order valence-electron chi connectivity index (χ2n) is 4.03. The Morgan fingerprint density at radius 2 is 1.73 bits per heavy atom. The molecule has 0 amide bonds.